The zero-order valence-electron chi connectivity index (χ0n) is 17.2. The van der Waals surface area contributed by atoms with Crippen LogP contribution in [0.15, 0.2) is 11.6 Å². The zero-order chi connectivity index (χ0) is 21.2. The summed E-state index contributed by atoms with van der Waals surface area (Å²) in [6.07, 6.45) is 9.08. The van der Waals surface area contributed by atoms with Crippen LogP contribution in [0, 0.1) is 40.9 Å². The third-order valence-electron chi connectivity index (χ3n) is 8.86. The summed E-state index contributed by atoms with van der Waals surface area (Å²) in [6, 6.07) is 0. The van der Waals surface area contributed by atoms with Gasteiger partial charge in [0.15, 0.2) is 5.60 Å². The fraction of sp³-hybridized carbons (Fsp3) is 0.783. The molecule has 6 nitrogen and oxygen atoms in total. The van der Waals surface area contributed by atoms with Gasteiger partial charge in [-0.2, -0.15) is 0 Å². The van der Waals surface area contributed by atoms with Crippen LogP contribution in [-0.4, -0.2) is 56.9 Å². The number of esters is 1. The van der Waals surface area contributed by atoms with E-state index in [9.17, 15) is 25.2 Å². The Kier molecular flexibility index (Phi) is 4.90. The van der Waals surface area contributed by atoms with Crippen molar-refractivity contribution in [3.8, 4) is 12.3 Å². The van der Waals surface area contributed by atoms with E-state index < -0.39 is 35.3 Å². The molecule has 6 heteroatoms. The SMILES string of the molecule is C#CC1(O)C(O)C[C@H]2[C@@H]3CC=C4C(OC(C)=O)C(O)CC[C@]4(C)[C@@H]3CC[C@@]21CO. The number of aliphatic hydroxyl groups is 4. The van der Waals surface area contributed by atoms with Gasteiger partial charge >= 0.3 is 5.97 Å². The minimum atomic E-state index is -1.72. The van der Waals surface area contributed by atoms with Crippen LogP contribution < -0.4 is 0 Å². The van der Waals surface area contributed by atoms with Crippen molar-refractivity contribution < 1.29 is 30.0 Å². The third-order valence-corrected chi connectivity index (χ3v) is 8.86. The predicted molar refractivity (Wildman–Crippen MR) is 105 cm³/mol. The van der Waals surface area contributed by atoms with Crippen LogP contribution in [0.4, 0.5) is 0 Å². The summed E-state index contributed by atoms with van der Waals surface area (Å²) in [6.45, 7) is 3.30. The summed E-state index contributed by atoms with van der Waals surface area (Å²) in [5.41, 5.74) is -1.85. The van der Waals surface area contributed by atoms with Crippen LogP contribution in [-0.2, 0) is 9.53 Å². The Labute approximate surface area is 172 Å². The van der Waals surface area contributed by atoms with Gasteiger partial charge in [0.25, 0.3) is 0 Å². The number of rotatable bonds is 2. The second-order valence-electron chi connectivity index (χ2n) is 9.84. The van der Waals surface area contributed by atoms with Crippen LogP contribution in [0.1, 0.15) is 52.4 Å². The first-order valence-electron chi connectivity index (χ1n) is 10.7. The second kappa shape index (κ2) is 6.81. The molecule has 0 radical (unpaired) electrons. The summed E-state index contributed by atoms with van der Waals surface area (Å²) in [5.74, 6) is 2.35. The van der Waals surface area contributed by atoms with E-state index in [0.29, 0.717) is 25.7 Å². The van der Waals surface area contributed by atoms with Crippen LogP contribution in [0.25, 0.3) is 0 Å². The molecule has 3 saturated carbocycles. The average Bonchev–Trinajstić information content (AvgIpc) is 2.92. The molecule has 0 heterocycles. The van der Waals surface area contributed by atoms with Crippen LogP contribution in [0.5, 0.6) is 0 Å². The number of allylic oxidation sites excluding steroid dienone is 1. The number of hydrogen-bond acceptors (Lipinski definition) is 6. The lowest BCUT2D eigenvalue weighted by Gasteiger charge is -2.59. The Morgan fingerprint density at radius 2 is 2.03 bits per heavy atom. The number of carbonyl (C=O) groups excluding carboxylic acids is 1. The maximum Gasteiger partial charge on any atom is 0.303 e. The highest BCUT2D eigenvalue weighted by atomic mass is 16.6. The molecular weight excluding hydrogens is 372 g/mol. The summed E-state index contributed by atoms with van der Waals surface area (Å²) < 4.78 is 5.51. The number of carbonyl (C=O) groups is 1. The predicted octanol–water partition coefficient (Wildman–Crippen LogP) is 1.16. The van der Waals surface area contributed by atoms with Gasteiger partial charge in [-0.3, -0.25) is 4.79 Å². The lowest BCUT2D eigenvalue weighted by molar-refractivity contribution is -0.161. The van der Waals surface area contributed by atoms with Crippen molar-refractivity contribution in [1.29, 1.82) is 0 Å². The Morgan fingerprint density at radius 3 is 2.66 bits per heavy atom. The number of hydrogen-bond donors (Lipinski definition) is 4. The van der Waals surface area contributed by atoms with Gasteiger partial charge in [0, 0.05) is 12.3 Å². The maximum absolute atomic E-state index is 11.6. The van der Waals surface area contributed by atoms with Crippen LogP contribution in [0.2, 0.25) is 0 Å². The number of fused-ring (bicyclic) bond motifs is 5. The molecule has 0 aromatic carbocycles. The molecule has 0 aliphatic heterocycles. The van der Waals surface area contributed by atoms with E-state index in [4.69, 9.17) is 11.2 Å². The van der Waals surface area contributed by atoms with Gasteiger partial charge in [-0.15, -0.1) is 6.42 Å². The topological polar surface area (TPSA) is 107 Å². The van der Waals surface area contributed by atoms with Gasteiger partial charge in [0.1, 0.15) is 6.10 Å². The molecule has 0 spiro atoms. The van der Waals surface area contributed by atoms with Crippen molar-refractivity contribution in [3.05, 3.63) is 11.6 Å². The molecule has 160 valence electrons. The van der Waals surface area contributed by atoms with Crippen LogP contribution in [0.3, 0.4) is 0 Å². The van der Waals surface area contributed by atoms with Crippen molar-refractivity contribution in [1.82, 2.24) is 0 Å². The Balaban J connectivity index is 1.73. The fourth-order valence-electron chi connectivity index (χ4n) is 7.40. The minimum Gasteiger partial charge on any atom is -0.455 e. The summed E-state index contributed by atoms with van der Waals surface area (Å²) >= 11 is 0. The van der Waals surface area contributed by atoms with Gasteiger partial charge in [-0.25, -0.2) is 0 Å². The third kappa shape index (κ3) is 2.61. The van der Waals surface area contributed by atoms with E-state index in [-0.39, 0.29) is 29.8 Å². The van der Waals surface area contributed by atoms with Crippen LogP contribution >= 0.6 is 0 Å². The summed E-state index contributed by atoms with van der Waals surface area (Å²) in [7, 11) is 0. The molecule has 0 saturated heterocycles. The number of aliphatic hydroxyl groups excluding tert-OH is 3. The lowest BCUT2D eigenvalue weighted by Crippen LogP contribution is -2.59. The van der Waals surface area contributed by atoms with Gasteiger partial charge in [0.05, 0.1) is 18.8 Å². The monoisotopic (exact) mass is 404 g/mol. The van der Waals surface area contributed by atoms with Crippen molar-refractivity contribution in [2.24, 2.45) is 28.6 Å². The van der Waals surface area contributed by atoms with Gasteiger partial charge in [-0.1, -0.05) is 18.9 Å². The molecular formula is C23H32O6. The maximum atomic E-state index is 11.6. The Hall–Kier alpha value is -1.39. The van der Waals surface area contributed by atoms with E-state index in [1.165, 1.54) is 6.92 Å². The van der Waals surface area contributed by atoms with Gasteiger partial charge in [0.2, 0.25) is 0 Å². The first-order chi connectivity index (χ1) is 13.6. The molecule has 0 bridgehead atoms. The zero-order valence-corrected chi connectivity index (χ0v) is 17.2. The molecule has 9 atom stereocenters. The second-order valence-corrected chi connectivity index (χ2v) is 9.84. The van der Waals surface area contributed by atoms with E-state index in [2.05, 4.69) is 18.9 Å². The first-order valence-corrected chi connectivity index (χ1v) is 10.7. The normalized spacial score (nSPS) is 51.1. The summed E-state index contributed by atoms with van der Waals surface area (Å²) in [5, 5.41) is 42.6. The molecule has 4 aliphatic carbocycles. The molecule has 4 rings (SSSR count). The van der Waals surface area contributed by atoms with E-state index in [1.807, 2.05) is 0 Å². The highest BCUT2D eigenvalue weighted by molar-refractivity contribution is 5.66. The molecule has 4 unspecified atom stereocenters. The van der Waals surface area contributed by atoms with Crippen molar-refractivity contribution in [3.63, 3.8) is 0 Å². The molecule has 0 aromatic heterocycles. The lowest BCUT2D eigenvalue weighted by atomic mass is 9.46. The summed E-state index contributed by atoms with van der Waals surface area (Å²) in [4.78, 5) is 11.6. The first kappa shape index (κ1) is 20.9. The molecule has 29 heavy (non-hydrogen) atoms. The highest BCUT2D eigenvalue weighted by Crippen LogP contribution is 2.67. The van der Waals surface area contributed by atoms with Gasteiger partial charge in [-0.05, 0) is 67.3 Å². The minimum absolute atomic E-state index is 0.0871. The molecule has 0 amide bonds. The van der Waals surface area contributed by atoms with Crippen molar-refractivity contribution in [2.45, 2.75) is 76.3 Å². The number of terminal acetylenes is 1. The smallest absolute Gasteiger partial charge is 0.303 e. The standard InChI is InChI=1S/C23H32O6/c1-4-23(28)19(27)11-17-14-5-6-16-20(29-13(2)25)18(26)8-9-21(16,3)15(14)7-10-22(17,23)12-24/h1,6,14-15,17-20,24,26-28H,5,7-12H2,2-3H3/t14-,15-,17+,18?,19?,20?,21-,22-,23?/m1/s1. The van der Waals surface area contributed by atoms with E-state index in [0.717, 1.165) is 18.4 Å². The average molecular weight is 405 g/mol. The highest BCUT2D eigenvalue weighted by Gasteiger charge is 2.69. The van der Waals surface area contributed by atoms with E-state index >= 15 is 0 Å². The molecule has 3 fully saturated rings. The van der Waals surface area contributed by atoms with Crippen molar-refractivity contribution in [2.75, 3.05) is 6.61 Å². The Bertz CT molecular complexity index is 770. The molecule has 4 aliphatic rings. The molecule has 4 N–H and O–H groups in total. The Morgan fingerprint density at radius 1 is 1.31 bits per heavy atom. The van der Waals surface area contributed by atoms with E-state index in [1.54, 1.807) is 0 Å². The van der Waals surface area contributed by atoms with Gasteiger partial charge < -0.3 is 25.2 Å². The largest absolute Gasteiger partial charge is 0.455 e. The molecule has 0 aromatic rings. The van der Waals surface area contributed by atoms with Crippen molar-refractivity contribution >= 4 is 5.97 Å². The fourth-order valence-corrected chi connectivity index (χ4v) is 7.40. The number of ether oxygens (including phenoxy) is 1. The quantitative estimate of drug-likeness (QED) is 0.313.